The van der Waals surface area contributed by atoms with Crippen LogP contribution in [0.5, 0.6) is 0 Å². The standard InChI is InChI=1S/C24H29N3O4/c1-18(24(29)25-21-12-6-7-13-21)26(16-15-19-9-3-2-4-10-19)23(28)17-20-11-5-8-14-22(20)27(30)31/h2-5,8-11,14,18,21H,6-7,12-13,15-17H2,1H3,(H,25,29)/t18-/m0/s1. The van der Waals surface area contributed by atoms with E-state index in [4.69, 9.17) is 0 Å². The van der Waals surface area contributed by atoms with Gasteiger partial charge >= 0.3 is 0 Å². The van der Waals surface area contributed by atoms with Crippen molar-refractivity contribution in [1.82, 2.24) is 10.2 Å². The molecule has 1 saturated carbocycles. The van der Waals surface area contributed by atoms with Crippen LogP contribution in [0.2, 0.25) is 0 Å². The number of amides is 2. The van der Waals surface area contributed by atoms with Crippen LogP contribution in [0.1, 0.15) is 43.7 Å². The Hall–Kier alpha value is -3.22. The van der Waals surface area contributed by atoms with E-state index in [1.54, 1.807) is 30.0 Å². The highest BCUT2D eigenvalue weighted by Crippen LogP contribution is 2.21. The van der Waals surface area contributed by atoms with Crippen molar-refractivity contribution in [1.29, 1.82) is 0 Å². The number of rotatable bonds is 9. The molecule has 0 radical (unpaired) electrons. The van der Waals surface area contributed by atoms with Gasteiger partial charge in [-0.25, -0.2) is 0 Å². The summed E-state index contributed by atoms with van der Waals surface area (Å²) in [6, 6.07) is 15.5. The zero-order valence-corrected chi connectivity index (χ0v) is 17.8. The molecule has 2 amide bonds. The van der Waals surface area contributed by atoms with Gasteiger partial charge in [-0.2, -0.15) is 0 Å². The molecular formula is C24H29N3O4. The smallest absolute Gasteiger partial charge is 0.273 e. The first kappa shape index (κ1) is 22.5. The first-order valence-electron chi connectivity index (χ1n) is 10.8. The lowest BCUT2D eigenvalue weighted by Crippen LogP contribution is -2.51. The highest BCUT2D eigenvalue weighted by molar-refractivity contribution is 5.88. The average molecular weight is 424 g/mol. The number of benzene rings is 2. The van der Waals surface area contributed by atoms with Crippen molar-refractivity contribution in [3.05, 3.63) is 75.8 Å². The minimum absolute atomic E-state index is 0.0816. The predicted molar refractivity (Wildman–Crippen MR) is 119 cm³/mol. The van der Waals surface area contributed by atoms with Gasteiger partial charge in [-0.05, 0) is 31.7 Å². The van der Waals surface area contributed by atoms with Crippen LogP contribution < -0.4 is 5.32 Å². The Labute approximate surface area is 182 Å². The highest BCUT2D eigenvalue weighted by Gasteiger charge is 2.29. The van der Waals surface area contributed by atoms with Gasteiger partial charge in [0.05, 0.1) is 11.3 Å². The van der Waals surface area contributed by atoms with Gasteiger partial charge in [0, 0.05) is 24.2 Å². The second-order valence-corrected chi connectivity index (χ2v) is 8.05. The molecule has 0 aliphatic heterocycles. The molecular weight excluding hydrogens is 394 g/mol. The van der Waals surface area contributed by atoms with Gasteiger partial charge in [-0.15, -0.1) is 0 Å². The van der Waals surface area contributed by atoms with Crippen molar-refractivity contribution in [2.24, 2.45) is 0 Å². The summed E-state index contributed by atoms with van der Waals surface area (Å²) in [7, 11) is 0. The number of hydrogen-bond donors (Lipinski definition) is 1. The Balaban J connectivity index is 1.75. The summed E-state index contributed by atoms with van der Waals surface area (Å²) in [4.78, 5) is 38.5. The van der Waals surface area contributed by atoms with E-state index in [-0.39, 0.29) is 30.0 Å². The van der Waals surface area contributed by atoms with Gasteiger partial charge < -0.3 is 10.2 Å². The zero-order chi connectivity index (χ0) is 22.2. The van der Waals surface area contributed by atoms with Crippen LogP contribution in [0, 0.1) is 10.1 Å². The third kappa shape index (κ3) is 6.13. The fourth-order valence-corrected chi connectivity index (χ4v) is 4.06. The van der Waals surface area contributed by atoms with Crippen LogP contribution in [0.4, 0.5) is 5.69 Å². The molecule has 0 saturated heterocycles. The number of nitro groups is 1. The van der Waals surface area contributed by atoms with E-state index in [0.29, 0.717) is 18.5 Å². The summed E-state index contributed by atoms with van der Waals surface area (Å²) in [5.74, 6) is -0.463. The molecule has 0 unspecified atom stereocenters. The molecule has 164 valence electrons. The molecule has 0 bridgehead atoms. The van der Waals surface area contributed by atoms with Crippen molar-refractivity contribution in [2.45, 2.75) is 57.5 Å². The van der Waals surface area contributed by atoms with Crippen LogP contribution in [-0.2, 0) is 22.4 Å². The molecule has 1 aliphatic rings. The monoisotopic (exact) mass is 423 g/mol. The topological polar surface area (TPSA) is 92.6 Å². The number of para-hydroxylation sites is 1. The molecule has 1 fully saturated rings. The maximum Gasteiger partial charge on any atom is 0.273 e. The third-order valence-electron chi connectivity index (χ3n) is 5.88. The van der Waals surface area contributed by atoms with Gasteiger partial charge in [0.2, 0.25) is 11.8 Å². The molecule has 0 spiro atoms. The molecule has 1 N–H and O–H groups in total. The van der Waals surface area contributed by atoms with Crippen LogP contribution in [0.25, 0.3) is 0 Å². The van der Waals surface area contributed by atoms with Gasteiger partial charge in [0.25, 0.3) is 5.69 Å². The average Bonchev–Trinajstić information content (AvgIpc) is 3.27. The van der Waals surface area contributed by atoms with E-state index in [2.05, 4.69) is 5.32 Å². The van der Waals surface area contributed by atoms with E-state index in [0.717, 1.165) is 31.2 Å². The third-order valence-corrected chi connectivity index (χ3v) is 5.88. The van der Waals surface area contributed by atoms with Gasteiger partial charge in [-0.1, -0.05) is 61.4 Å². The quantitative estimate of drug-likeness (QED) is 0.492. The summed E-state index contributed by atoms with van der Waals surface area (Å²) in [5.41, 5.74) is 1.34. The molecule has 31 heavy (non-hydrogen) atoms. The predicted octanol–water partition coefficient (Wildman–Crippen LogP) is 3.66. The lowest BCUT2D eigenvalue weighted by atomic mass is 10.1. The van der Waals surface area contributed by atoms with Crippen LogP contribution >= 0.6 is 0 Å². The number of nitrogens with one attached hydrogen (secondary N) is 1. The summed E-state index contributed by atoms with van der Waals surface area (Å²) in [6.45, 7) is 2.09. The lowest BCUT2D eigenvalue weighted by Gasteiger charge is -2.29. The zero-order valence-electron chi connectivity index (χ0n) is 17.8. The van der Waals surface area contributed by atoms with Crippen molar-refractivity contribution in [3.63, 3.8) is 0 Å². The Morgan fingerprint density at radius 2 is 1.74 bits per heavy atom. The first-order chi connectivity index (χ1) is 15.0. The van der Waals surface area contributed by atoms with E-state index in [1.807, 2.05) is 30.3 Å². The summed E-state index contributed by atoms with van der Waals surface area (Å²) in [6.07, 6.45) is 4.62. The SMILES string of the molecule is C[C@@H](C(=O)NC1CCCC1)N(CCc1ccccc1)C(=O)Cc1ccccc1[N+](=O)[O-]. The number of nitrogens with zero attached hydrogens (tertiary/aromatic N) is 2. The number of nitro benzene ring substituents is 1. The maximum absolute atomic E-state index is 13.2. The number of carbonyl (C=O) groups is 2. The molecule has 7 heteroatoms. The van der Waals surface area contributed by atoms with Crippen molar-refractivity contribution < 1.29 is 14.5 Å². The molecule has 3 rings (SSSR count). The summed E-state index contributed by atoms with van der Waals surface area (Å²) >= 11 is 0. The Kier molecular flexibility index (Phi) is 7.76. The lowest BCUT2D eigenvalue weighted by molar-refractivity contribution is -0.385. The summed E-state index contributed by atoms with van der Waals surface area (Å²) < 4.78 is 0. The maximum atomic E-state index is 13.2. The molecule has 2 aromatic rings. The fraction of sp³-hybridized carbons (Fsp3) is 0.417. The molecule has 1 atom stereocenters. The van der Waals surface area contributed by atoms with E-state index in [9.17, 15) is 19.7 Å². The molecule has 0 heterocycles. The Bertz CT molecular complexity index is 910. The number of carbonyl (C=O) groups excluding carboxylic acids is 2. The largest absolute Gasteiger partial charge is 0.352 e. The number of hydrogen-bond acceptors (Lipinski definition) is 4. The van der Waals surface area contributed by atoms with Crippen molar-refractivity contribution in [2.75, 3.05) is 6.54 Å². The minimum atomic E-state index is -0.653. The van der Waals surface area contributed by atoms with E-state index in [1.165, 1.54) is 6.07 Å². The second-order valence-electron chi connectivity index (χ2n) is 8.05. The van der Waals surface area contributed by atoms with E-state index < -0.39 is 11.0 Å². The Morgan fingerprint density at radius 3 is 2.42 bits per heavy atom. The highest BCUT2D eigenvalue weighted by atomic mass is 16.6. The molecule has 1 aliphatic carbocycles. The van der Waals surface area contributed by atoms with Crippen molar-refractivity contribution >= 4 is 17.5 Å². The second kappa shape index (κ2) is 10.7. The normalized spacial score (nSPS) is 14.7. The first-order valence-corrected chi connectivity index (χ1v) is 10.8. The molecule has 7 nitrogen and oxygen atoms in total. The summed E-state index contributed by atoms with van der Waals surface area (Å²) in [5, 5.41) is 14.4. The fourth-order valence-electron chi connectivity index (χ4n) is 4.06. The molecule has 0 aromatic heterocycles. The minimum Gasteiger partial charge on any atom is -0.352 e. The van der Waals surface area contributed by atoms with E-state index >= 15 is 0 Å². The van der Waals surface area contributed by atoms with Crippen LogP contribution in [-0.4, -0.2) is 40.3 Å². The molecule has 2 aromatic carbocycles. The van der Waals surface area contributed by atoms with Gasteiger partial charge in [0.15, 0.2) is 0 Å². The van der Waals surface area contributed by atoms with Gasteiger partial charge in [-0.3, -0.25) is 19.7 Å². The van der Waals surface area contributed by atoms with Crippen molar-refractivity contribution in [3.8, 4) is 0 Å². The Morgan fingerprint density at radius 1 is 1.10 bits per heavy atom. The van der Waals surface area contributed by atoms with Crippen LogP contribution in [0.15, 0.2) is 54.6 Å². The van der Waals surface area contributed by atoms with Gasteiger partial charge in [0.1, 0.15) is 6.04 Å². The van der Waals surface area contributed by atoms with Crippen LogP contribution in [0.3, 0.4) is 0 Å².